The molecule has 4 atom stereocenters. The zero-order valence-electron chi connectivity index (χ0n) is 21.2. The number of imide groups is 1. The number of carbonyl (C=O) groups is 4. The van der Waals surface area contributed by atoms with Gasteiger partial charge in [-0.25, -0.2) is 4.90 Å². The number of anilines is 2. The molecule has 1 N–H and O–H groups in total. The number of fused-ring (bicyclic) bond motifs is 5. The molecule has 0 aliphatic carbocycles. The molecule has 3 aliphatic heterocycles. The number of methoxy groups -OCH3 is 1. The summed E-state index contributed by atoms with van der Waals surface area (Å²) in [5.74, 6) is -2.37. The number of nitrogens with zero attached hydrogens (tertiary/aromatic N) is 2. The van der Waals surface area contributed by atoms with Crippen molar-refractivity contribution >= 4 is 41.1 Å². The number of benzene rings is 3. The van der Waals surface area contributed by atoms with Gasteiger partial charge in [0, 0.05) is 18.8 Å². The number of hydrogen-bond acceptors (Lipinski definition) is 7. The van der Waals surface area contributed by atoms with Gasteiger partial charge in [-0.3, -0.25) is 19.2 Å². The van der Waals surface area contributed by atoms with E-state index in [2.05, 4.69) is 5.32 Å². The van der Waals surface area contributed by atoms with Crippen molar-refractivity contribution in [2.24, 2.45) is 11.8 Å². The van der Waals surface area contributed by atoms with Crippen LogP contribution in [0.4, 0.5) is 11.4 Å². The molecule has 3 aliphatic rings. The van der Waals surface area contributed by atoms with Gasteiger partial charge < -0.3 is 19.7 Å². The Morgan fingerprint density at radius 1 is 0.846 bits per heavy atom. The maximum Gasteiger partial charge on any atom is 0.308 e. The van der Waals surface area contributed by atoms with E-state index in [9.17, 15) is 19.2 Å². The molecule has 6 rings (SSSR count). The SMILES string of the molecule is COc1ccc(NC(=O)[C@@H]2[C@@H]3C(=O)N(c4ccc(OC(C)=O)cc4)C(=O)[C@@H]3C3c4ccccc4C=CN32)cc1. The molecule has 1 unspecified atom stereocenters. The van der Waals surface area contributed by atoms with Gasteiger partial charge in [-0.15, -0.1) is 0 Å². The standard InChI is InChI=1S/C30H25N3O6/c1-17(34)39-22-13-9-20(10-14-22)33-29(36)24-25(30(33)37)27(28(35)31-19-7-11-21(38-2)12-8-19)32-16-15-18-5-3-4-6-23(18)26(24)32/h3-16,24-27H,1-2H3,(H,31,35)/t24-,25+,26?,27-/m0/s1. The van der Waals surface area contributed by atoms with E-state index in [1.54, 1.807) is 43.5 Å². The summed E-state index contributed by atoms with van der Waals surface area (Å²) in [5, 5.41) is 2.92. The predicted octanol–water partition coefficient (Wildman–Crippen LogP) is 3.77. The van der Waals surface area contributed by atoms with Crippen molar-refractivity contribution in [3.63, 3.8) is 0 Å². The average molecular weight is 524 g/mol. The lowest BCUT2D eigenvalue weighted by atomic mass is 9.84. The van der Waals surface area contributed by atoms with E-state index >= 15 is 0 Å². The van der Waals surface area contributed by atoms with Crippen molar-refractivity contribution in [1.29, 1.82) is 0 Å². The summed E-state index contributed by atoms with van der Waals surface area (Å²) in [6, 6.07) is 19.4. The number of amides is 3. The predicted molar refractivity (Wildman–Crippen MR) is 143 cm³/mol. The molecule has 0 spiro atoms. The summed E-state index contributed by atoms with van der Waals surface area (Å²) in [5.41, 5.74) is 2.74. The van der Waals surface area contributed by atoms with Crippen molar-refractivity contribution < 1.29 is 28.7 Å². The highest BCUT2D eigenvalue weighted by Crippen LogP contribution is 2.53. The number of rotatable bonds is 5. The van der Waals surface area contributed by atoms with Crippen LogP contribution in [0.2, 0.25) is 0 Å². The summed E-state index contributed by atoms with van der Waals surface area (Å²) < 4.78 is 10.3. The Morgan fingerprint density at radius 3 is 2.21 bits per heavy atom. The molecular weight excluding hydrogens is 498 g/mol. The van der Waals surface area contributed by atoms with E-state index in [1.807, 2.05) is 41.4 Å². The fourth-order valence-electron chi connectivity index (χ4n) is 5.83. The molecular formula is C30H25N3O6. The molecule has 0 bridgehead atoms. The van der Waals surface area contributed by atoms with Crippen LogP contribution in [0.25, 0.3) is 6.08 Å². The molecule has 3 amide bonds. The minimum Gasteiger partial charge on any atom is -0.497 e. The van der Waals surface area contributed by atoms with Crippen LogP contribution in [0.15, 0.2) is 79.0 Å². The van der Waals surface area contributed by atoms with Crippen molar-refractivity contribution in [2.45, 2.75) is 19.0 Å². The Morgan fingerprint density at radius 2 is 1.51 bits per heavy atom. The van der Waals surface area contributed by atoms with Crippen LogP contribution >= 0.6 is 0 Å². The van der Waals surface area contributed by atoms with Gasteiger partial charge in [0.2, 0.25) is 17.7 Å². The lowest BCUT2D eigenvalue weighted by molar-refractivity contribution is -0.132. The molecule has 0 saturated carbocycles. The number of ether oxygens (including phenoxy) is 2. The fraction of sp³-hybridized carbons (Fsp3) is 0.200. The molecule has 0 radical (unpaired) electrons. The minimum atomic E-state index is -0.909. The van der Waals surface area contributed by atoms with Crippen LogP contribution in [-0.4, -0.2) is 41.7 Å². The van der Waals surface area contributed by atoms with E-state index in [0.717, 1.165) is 16.0 Å². The average Bonchev–Trinajstić information content (AvgIpc) is 3.42. The van der Waals surface area contributed by atoms with Crippen LogP contribution in [-0.2, 0) is 19.2 Å². The number of carbonyl (C=O) groups excluding carboxylic acids is 4. The maximum absolute atomic E-state index is 13.9. The molecule has 9 heteroatoms. The van der Waals surface area contributed by atoms with Crippen molar-refractivity contribution in [2.75, 3.05) is 17.3 Å². The first-order valence-electron chi connectivity index (χ1n) is 12.5. The number of hydrogen-bond donors (Lipinski definition) is 1. The second kappa shape index (κ2) is 9.43. The summed E-state index contributed by atoms with van der Waals surface area (Å²) in [7, 11) is 1.56. The third-order valence-corrected chi connectivity index (χ3v) is 7.44. The molecule has 9 nitrogen and oxygen atoms in total. The Hall–Kier alpha value is -4.92. The van der Waals surface area contributed by atoms with Crippen LogP contribution in [0.3, 0.4) is 0 Å². The van der Waals surface area contributed by atoms with Gasteiger partial charge in [-0.1, -0.05) is 24.3 Å². The second-order valence-electron chi connectivity index (χ2n) is 9.65. The monoisotopic (exact) mass is 523 g/mol. The van der Waals surface area contributed by atoms with Crippen LogP contribution in [0.5, 0.6) is 11.5 Å². The fourth-order valence-corrected chi connectivity index (χ4v) is 5.83. The van der Waals surface area contributed by atoms with Crippen LogP contribution in [0.1, 0.15) is 24.1 Å². The summed E-state index contributed by atoms with van der Waals surface area (Å²) in [4.78, 5) is 55.9. The lowest BCUT2D eigenvalue weighted by Crippen LogP contribution is -2.46. The number of esters is 1. The highest BCUT2D eigenvalue weighted by molar-refractivity contribution is 6.24. The lowest BCUT2D eigenvalue weighted by Gasteiger charge is -2.35. The van der Waals surface area contributed by atoms with Gasteiger partial charge in [0.1, 0.15) is 17.5 Å². The number of nitrogens with one attached hydrogen (secondary N) is 1. The molecule has 2 saturated heterocycles. The zero-order valence-corrected chi connectivity index (χ0v) is 21.2. The van der Waals surface area contributed by atoms with E-state index in [4.69, 9.17) is 9.47 Å². The molecule has 0 aromatic heterocycles. The normalized spacial score (nSPS) is 22.7. The van der Waals surface area contributed by atoms with Crippen molar-refractivity contribution in [3.05, 3.63) is 90.1 Å². The first kappa shape index (κ1) is 24.4. The molecule has 2 fully saturated rings. The summed E-state index contributed by atoms with van der Waals surface area (Å²) >= 11 is 0. The summed E-state index contributed by atoms with van der Waals surface area (Å²) in [6.07, 6.45) is 3.71. The maximum atomic E-state index is 13.9. The highest BCUT2D eigenvalue weighted by atomic mass is 16.5. The Labute approximate surface area is 224 Å². The third kappa shape index (κ3) is 4.03. The summed E-state index contributed by atoms with van der Waals surface area (Å²) in [6.45, 7) is 1.29. The Balaban J connectivity index is 1.38. The van der Waals surface area contributed by atoms with Crippen LogP contribution in [0, 0.1) is 11.8 Å². The quantitative estimate of drug-likeness (QED) is 0.308. The van der Waals surface area contributed by atoms with E-state index in [-0.39, 0.29) is 11.8 Å². The molecule has 3 aromatic rings. The van der Waals surface area contributed by atoms with Crippen molar-refractivity contribution in [3.8, 4) is 11.5 Å². The first-order valence-corrected chi connectivity index (χ1v) is 12.5. The smallest absolute Gasteiger partial charge is 0.308 e. The van der Waals surface area contributed by atoms with Gasteiger partial charge in [-0.05, 0) is 65.7 Å². The van der Waals surface area contributed by atoms with Crippen LogP contribution < -0.4 is 19.7 Å². The Bertz CT molecular complexity index is 1510. The van der Waals surface area contributed by atoms with Gasteiger partial charge in [0.15, 0.2) is 0 Å². The second-order valence-corrected chi connectivity index (χ2v) is 9.65. The topological polar surface area (TPSA) is 105 Å². The first-order chi connectivity index (χ1) is 18.9. The van der Waals surface area contributed by atoms with E-state index < -0.39 is 35.8 Å². The largest absolute Gasteiger partial charge is 0.497 e. The molecule has 39 heavy (non-hydrogen) atoms. The third-order valence-electron chi connectivity index (χ3n) is 7.44. The van der Waals surface area contributed by atoms with E-state index in [0.29, 0.717) is 22.9 Å². The van der Waals surface area contributed by atoms with Gasteiger partial charge in [0.25, 0.3) is 0 Å². The van der Waals surface area contributed by atoms with E-state index in [1.165, 1.54) is 19.1 Å². The highest BCUT2D eigenvalue weighted by Gasteiger charge is 2.64. The minimum absolute atomic E-state index is 0.305. The zero-order chi connectivity index (χ0) is 27.3. The molecule has 3 aromatic carbocycles. The Kier molecular flexibility index (Phi) is 5.91. The molecule has 196 valence electrons. The van der Waals surface area contributed by atoms with Crippen molar-refractivity contribution in [1.82, 2.24) is 4.90 Å². The van der Waals surface area contributed by atoms with Gasteiger partial charge in [0.05, 0.1) is 30.7 Å². The van der Waals surface area contributed by atoms with Gasteiger partial charge >= 0.3 is 5.97 Å². The van der Waals surface area contributed by atoms with Gasteiger partial charge in [-0.2, -0.15) is 0 Å². The molecule has 3 heterocycles.